The van der Waals surface area contributed by atoms with E-state index in [0.717, 1.165) is 33.7 Å². The highest BCUT2D eigenvalue weighted by Crippen LogP contribution is 2.36. The lowest BCUT2D eigenvalue weighted by molar-refractivity contribution is 0.203. The van der Waals surface area contributed by atoms with Gasteiger partial charge in [0.2, 0.25) is 0 Å². The van der Waals surface area contributed by atoms with Crippen LogP contribution in [0, 0.1) is 0 Å². The Morgan fingerprint density at radius 1 is 0.964 bits per heavy atom. The standard InChI is InChI=1S/C22H29N3O2Si/c1-22(2,3)28(4,5)27-13-12-26-18-10-11-19-20(14-18)24-15-21(25-19)16-6-8-17(23)9-7-16/h6-11,14-15H,12-13,23H2,1-5H3. The second-order valence-corrected chi connectivity index (χ2v) is 13.3. The van der Waals surface area contributed by atoms with Gasteiger partial charge in [0.1, 0.15) is 12.4 Å². The fourth-order valence-electron chi connectivity index (χ4n) is 2.55. The average molecular weight is 396 g/mol. The second-order valence-electron chi connectivity index (χ2n) is 8.49. The predicted molar refractivity (Wildman–Crippen MR) is 118 cm³/mol. The molecule has 0 amide bonds. The molecule has 1 aromatic heterocycles. The minimum absolute atomic E-state index is 0.202. The van der Waals surface area contributed by atoms with Crippen LogP contribution in [0.5, 0.6) is 5.75 Å². The predicted octanol–water partition coefficient (Wildman–Crippen LogP) is 5.28. The van der Waals surface area contributed by atoms with Crippen molar-refractivity contribution in [2.45, 2.75) is 38.9 Å². The van der Waals surface area contributed by atoms with Crippen LogP contribution in [0.2, 0.25) is 18.1 Å². The van der Waals surface area contributed by atoms with E-state index in [2.05, 4.69) is 38.8 Å². The van der Waals surface area contributed by atoms with Gasteiger partial charge in [-0.15, -0.1) is 0 Å². The van der Waals surface area contributed by atoms with Crippen molar-refractivity contribution in [2.24, 2.45) is 0 Å². The lowest BCUT2D eigenvalue weighted by Crippen LogP contribution is -2.41. The highest BCUT2D eigenvalue weighted by molar-refractivity contribution is 6.74. The molecule has 0 aliphatic carbocycles. The number of fused-ring (bicyclic) bond motifs is 1. The van der Waals surface area contributed by atoms with E-state index in [1.165, 1.54) is 0 Å². The summed E-state index contributed by atoms with van der Waals surface area (Å²) in [6, 6.07) is 13.4. The van der Waals surface area contributed by atoms with E-state index in [-0.39, 0.29) is 5.04 Å². The third-order valence-corrected chi connectivity index (χ3v) is 9.88. The lowest BCUT2D eigenvalue weighted by atomic mass is 10.1. The molecule has 148 valence electrons. The Morgan fingerprint density at radius 3 is 2.36 bits per heavy atom. The minimum atomic E-state index is -1.74. The highest BCUT2D eigenvalue weighted by Gasteiger charge is 2.36. The van der Waals surface area contributed by atoms with Gasteiger partial charge in [-0.05, 0) is 42.4 Å². The van der Waals surface area contributed by atoms with Crippen LogP contribution >= 0.6 is 0 Å². The summed E-state index contributed by atoms with van der Waals surface area (Å²) in [5.74, 6) is 0.779. The quantitative estimate of drug-likeness (QED) is 0.349. The molecule has 0 aliphatic rings. The number of aromatic nitrogens is 2. The Kier molecular flexibility index (Phi) is 5.72. The van der Waals surface area contributed by atoms with Crippen molar-refractivity contribution < 1.29 is 9.16 Å². The molecule has 5 nitrogen and oxygen atoms in total. The number of ether oxygens (including phenoxy) is 1. The fourth-order valence-corrected chi connectivity index (χ4v) is 3.57. The Morgan fingerprint density at radius 2 is 1.68 bits per heavy atom. The van der Waals surface area contributed by atoms with Crippen LogP contribution < -0.4 is 10.5 Å². The largest absolute Gasteiger partial charge is 0.491 e. The molecule has 0 radical (unpaired) electrons. The van der Waals surface area contributed by atoms with Crippen LogP contribution in [0.3, 0.4) is 0 Å². The smallest absolute Gasteiger partial charge is 0.192 e. The van der Waals surface area contributed by atoms with Crippen molar-refractivity contribution in [3.05, 3.63) is 48.7 Å². The van der Waals surface area contributed by atoms with Crippen LogP contribution in [0.25, 0.3) is 22.3 Å². The molecule has 1 heterocycles. The molecule has 0 fully saturated rings. The van der Waals surface area contributed by atoms with Crippen LogP contribution in [0.1, 0.15) is 20.8 Å². The first kappa shape index (κ1) is 20.3. The third kappa shape index (κ3) is 4.69. The van der Waals surface area contributed by atoms with Crippen molar-refractivity contribution >= 4 is 25.0 Å². The molecule has 2 aromatic carbocycles. The molecule has 0 aliphatic heterocycles. The van der Waals surface area contributed by atoms with Crippen molar-refractivity contribution in [2.75, 3.05) is 18.9 Å². The van der Waals surface area contributed by atoms with Gasteiger partial charge >= 0.3 is 0 Å². The zero-order valence-electron chi connectivity index (χ0n) is 17.3. The highest BCUT2D eigenvalue weighted by atomic mass is 28.4. The second kappa shape index (κ2) is 7.89. The molecule has 0 bridgehead atoms. The van der Waals surface area contributed by atoms with E-state index >= 15 is 0 Å². The van der Waals surface area contributed by atoms with Crippen molar-refractivity contribution in [1.29, 1.82) is 0 Å². The summed E-state index contributed by atoms with van der Waals surface area (Å²) in [6.45, 7) is 12.3. The number of hydrogen-bond acceptors (Lipinski definition) is 5. The molecule has 0 saturated carbocycles. The zero-order chi connectivity index (χ0) is 20.4. The summed E-state index contributed by atoms with van der Waals surface area (Å²) in [6.07, 6.45) is 1.78. The van der Waals surface area contributed by atoms with E-state index in [1.807, 2.05) is 42.5 Å². The van der Waals surface area contributed by atoms with Gasteiger partial charge in [-0.2, -0.15) is 0 Å². The van der Waals surface area contributed by atoms with Crippen molar-refractivity contribution in [1.82, 2.24) is 9.97 Å². The Hall–Kier alpha value is -2.44. The van der Waals surface area contributed by atoms with Crippen molar-refractivity contribution in [3.8, 4) is 17.0 Å². The molecule has 0 atom stereocenters. The summed E-state index contributed by atoms with van der Waals surface area (Å²) in [5, 5.41) is 0.202. The number of benzene rings is 2. The topological polar surface area (TPSA) is 70.3 Å². The van der Waals surface area contributed by atoms with Gasteiger partial charge in [-0.25, -0.2) is 4.98 Å². The monoisotopic (exact) mass is 395 g/mol. The number of anilines is 1. The molecule has 2 N–H and O–H groups in total. The molecular formula is C22H29N3O2Si. The van der Waals surface area contributed by atoms with Gasteiger partial charge in [0.15, 0.2) is 8.32 Å². The number of rotatable bonds is 6. The summed E-state index contributed by atoms with van der Waals surface area (Å²) < 4.78 is 12.0. The van der Waals surface area contributed by atoms with Crippen LogP contribution in [-0.4, -0.2) is 31.5 Å². The van der Waals surface area contributed by atoms with Crippen LogP contribution in [0.4, 0.5) is 5.69 Å². The summed E-state index contributed by atoms with van der Waals surface area (Å²) >= 11 is 0. The lowest BCUT2D eigenvalue weighted by Gasteiger charge is -2.36. The maximum Gasteiger partial charge on any atom is 0.192 e. The van der Waals surface area contributed by atoms with E-state index in [0.29, 0.717) is 13.2 Å². The number of nitrogens with two attached hydrogens (primary N) is 1. The summed E-state index contributed by atoms with van der Waals surface area (Å²) in [4.78, 5) is 9.24. The molecular weight excluding hydrogens is 366 g/mol. The van der Waals surface area contributed by atoms with Gasteiger partial charge in [-0.3, -0.25) is 4.98 Å². The zero-order valence-corrected chi connectivity index (χ0v) is 18.3. The van der Waals surface area contributed by atoms with E-state index in [1.54, 1.807) is 6.20 Å². The summed E-state index contributed by atoms with van der Waals surface area (Å²) in [7, 11) is -1.74. The van der Waals surface area contributed by atoms with E-state index in [9.17, 15) is 0 Å². The van der Waals surface area contributed by atoms with Gasteiger partial charge in [0.25, 0.3) is 0 Å². The van der Waals surface area contributed by atoms with Crippen LogP contribution in [0.15, 0.2) is 48.7 Å². The summed E-state index contributed by atoms with van der Waals surface area (Å²) in [5.41, 5.74) is 9.94. The Bertz CT molecular complexity index is 950. The van der Waals surface area contributed by atoms with Gasteiger partial charge in [-0.1, -0.05) is 32.9 Å². The first-order valence-corrected chi connectivity index (χ1v) is 12.5. The SMILES string of the molecule is CC(C)(C)[Si](C)(C)OCCOc1ccc2nc(-c3ccc(N)cc3)cnc2c1. The van der Waals surface area contributed by atoms with E-state index in [4.69, 9.17) is 19.9 Å². The maximum absolute atomic E-state index is 6.15. The van der Waals surface area contributed by atoms with Gasteiger partial charge in [0.05, 0.1) is 29.5 Å². The van der Waals surface area contributed by atoms with Crippen LogP contribution in [-0.2, 0) is 4.43 Å². The first-order valence-electron chi connectivity index (χ1n) is 9.55. The molecule has 0 spiro atoms. The Labute approximate surface area is 168 Å². The number of nitrogen functional groups attached to an aromatic ring is 1. The molecule has 0 saturated heterocycles. The van der Waals surface area contributed by atoms with Gasteiger partial charge in [0, 0.05) is 17.3 Å². The minimum Gasteiger partial charge on any atom is -0.491 e. The Balaban J connectivity index is 1.65. The van der Waals surface area contributed by atoms with E-state index < -0.39 is 8.32 Å². The molecule has 6 heteroatoms. The molecule has 0 unspecified atom stereocenters. The van der Waals surface area contributed by atoms with Crippen molar-refractivity contribution in [3.63, 3.8) is 0 Å². The van der Waals surface area contributed by atoms with Gasteiger partial charge < -0.3 is 14.9 Å². The average Bonchev–Trinajstić information content (AvgIpc) is 2.64. The molecule has 3 aromatic rings. The molecule has 3 rings (SSSR count). The number of nitrogens with zero attached hydrogens (tertiary/aromatic N) is 2. The number of hydrogen-bond donors (Lipinski definition) is 1. The fraction of sp³-hybridized carbons (Fsp3) is 0.364. The molecule has 28 heavy (non-hydrogen) atoms. The normalized spacial score (nSPS) is 12.3. The maximum atomic E-state index is 6.15. The first-order chi connectivity index (χ1) is 13.2. The third-order valence-electron chi connectivity index (χ3n) is 5.34.